The van der Waals surface area contributed by atoms with Crippen molar-refractivity contribution >= 4 is 53.1 Å². The van der Waals surface area contributed by atoms with Gasteiger partial charge in [0.25, 0.3) is 5.91 Å². The van der Waals surface area contributed by atoms with Crippen molar-refractivity contribution in [2.75, 3.05) is 32.7 Å². The molecule has 2 amide bonds. The maximum absolute atomic E-state index is 12.8. The number of rotatable bonds is 8. The first-order valence-electron chi connectivity index (χ1n) is 11.3. The lowest BCUT2D eigenvalue weighted by molar-refractivity contribution is -0.135. The number of carbonyl (C=O) groups is 2. The van der Waals surface area contributed by atoms with E-state index in [0.717, 1.165) is 56.2 Å². The molecule has 1 aliphatic heterocycles. The Kier molecular flexibility index (Phi) is 11.6. The third-order valence-electron chi connectivity index (χ3n) is 5.77. The molecular formula is C22H36IN5O2S. The van der Waals surface area contributed by atoms with Gasteiger partial charge in [0.2, 0.25) is 5.91 Å². The molecule has 7 nitrogen and oxygen atoms in total. The highest BCUT2D eigenvalue weighted by molar-refractivity contribution is 14.0. The summed E-state index contributed by atoms with van der Waals surface area (Å²) in [6.45, 7) is 5.67. The van der Waals surface area contributed by atoms with Crippen LogP contribution in [0, 0.1) is 5.92 Å². The number of carbonyl (C=O) groups excluding carboxylic acids is 2. The fourth-order valence-electron chi connectivity index (χ4n) is 4.17. The molecule has 0 bridgehead atoms. The number of hydrogen-bond donors (Lipinski definition) is 3. The Labute approximate surface area is 206 Å². The number of thiophene rings is 1. The first-order chi connectivity index (χ1) is 14.7. The SMILES string of the molecule is CCNC(=NCCCNC(=O)c1cccs1)NC1CCN(C(=O)C2CCCCC2)C1.I. The van der Waals surface area contributed by atoms with Crippen LogP contribution in [0.4, 0.5) is 0 Å². The molecule has 2 aliphatic rings. The molecule has 31 heavy (non-hydrogen) atoms. The second kappa shape index (κ2) is 13.9. The van der Waals surface area contributed by atoms with Crippen molar-refractivity contribution in [3.05, 3.63) is 22.4 Å². The van der Waals surface area contributed by atoms with Crippen molar-refractivity contribution in [1.29, 1.82) is 0 Å². The Balaban J connectivity index is 0.00000341. The van der Waals surface area contributed by atoms with Gasteiger partial charge < -0.3 is 20.9 Å². The first-order valence-corrected chi connectivity index (χ1v) is 12.2. The number of guanidine groups is 1. The van der Waals surface area contributed by atoms with Crippen LogP contribution in [0.5, 0.6) is 0 Å². The van der Waals surface area contributed by atoms with E-state index in [0.29, 0.717) is 19.0 Å². The normalized spacial score (nSPS) is 19.6. The predicted octanol–water partition coefficient (Wildman–Crippen LogP) is 3.22. The Morgan fingerprint density at radius 1 is 1.19 bits per heavy atom. The molecule has 3 N–H and O–H groups in total. The highest BCUT2D eigenvalue weighted by atomic mass is 127. The van der Waals surface area contributed by atoms with Gasteiger partial charge in [-0.3, -0.25) is 14.6 Å². The summed E-state index contributed by atoms with van der Waals surface area (Å²) in [6, 6.07) is 3.95. The fourth-order valence-corrected chi connectivity index (χ4v) is 4.81. The number of hydrogen-bond acceptors (Lipinski definition) is 4. The van der Waals surface area contributed by atoms with Gasteiger partial charge in [-0.2, -0.15) is 0 Å². The first kappa shape index (κ1) is 25.9. The molecule has 1 aliphatic carbocycles. The molecule has 1 aromatic rings. The molecule has 1 unspecified atom stereocenters. The topological polar surface area (TPSA) is 85.8 Å². The Hall–Kier alpha value is -1.36. The minimum Gasteiger partial charge on any atom is -0.357 e. The van der Waals surface area contributed by atoms with Crippen LogP contribution in [0.2, 0.25) is 0 Å². The molecule has 0 aromatic carbocycles. The van der Waals surface area contributed by atoms with E-state index in [2.05, 4.69) is 20.9 Å². The Morgan fingerprint density at radius 2 is 2.00 bits per heavy atom. The summed E-state index contributed by atoms with van der Waals surface area (Å²) in [5.74, 6) is 1.36. The number of nitrogens with zero attached hydrogens (tertiary/aromatic N) is 2. The van der Waals surface area contributed by atoms with Gasteiger partial charge in [-0.25, -0.2) is 0 Å². The molecule has 2 fully saturated rings. The van der Waals surface area contributed by atoms with Crippen molar-refractivity contribution in [3.63, 3.8) is 0 Å². The summed E-state index contributed by atoms with van der Waals surface area (Å²) >= 11 is 1.45. The molecule has 174 valence electrons. The monoisotopic (exact) mass is 561 g/mol. The highest BCUT2D eigenvalue weighted by Crippen LogP contribution is 2.26. The zero-order valence-electron chi connectivity index (χ0n) is 18.4. The molecule has 0 radical (unpaired) electrons. The summed E-state index contributed by atoms with van der Waals surface area (Å²) in [7, 11) is 0. The Morgan fingerprint density at radius 3 is 2.71 bits per heavy atom. The van der Waals surface area contributed by atoms with Gasteiger partial charge in [0.05, 0.1) is 4.88 Å². The maximum Gasteiger partial charge on any atom is 0.261 e. The largest absolute Gasteiger partial charge is 0.357 e. The van der Waals surface area contributed by atoms with Gasteiger partial charge in [-0.05, 0) is 44.1 Å². The van der Waals surface area contributed by atoms with Crippen molar-refractivity contribution < 1.29 is 9.59 Å². The molecule has 0 spiro atoms. The second-order valence-electron chi connectivity index (χ2n) is 8.10. The molecular weight excluding hydrogens is 525 g/mol. The molecule has 1 atom stereocenters. The number of halogens is 1. The second-order valence-corrected chi connectivity index (χ2v) is 9.04. The minimum atomic E-state index is -0.0207. The zero-order chi connectivity index (χ0) is 21.2. The van der Waals surface area contributed by atoms with Crippen LogP contribution < -0.4 is 16.0 Å². The fraction of sp³-hybridized carbons (Fsp3) is 0.682. The van der Waals surface area contributed by atoms with E-state index >= 15 is 0 Å². The van der Waals surface area contributed by atoms with Gasteiger partial charge in [-0.1, -0.05) is 25.3 Å². The molecule has 1 saturated carbocycles. The van der Waals surface area contributed by atoms with Gasteiger partial charge in [-0.15, -0.1) is 35.3 Å². The van der Waals surface area contributed by atoms with E-state index in [1.807, 2.05) is 29.3 Å². The van der Waals surface area contributed by atoms with Crippen molar-refractivity contribution in [1.82, 2.24) is 20.9 Å². The maximum atomic E-state index is 12.8. The third-order valence-corrected chi connectivity index (χ3v) is 6.64. The summed E-state index contributed by atoms with van der Waals surface area (Å²) in [4.78, 5) is 32.1. The van der Waals surface area contributed by atoms with Crippen LogP contribution in [0.3, 0.4) is 0 Å². The quantitative estimate of drug-likeness (QED) is 0.197. The van der Waals surface area contributed by atoms with Crippen molar-refractivity contribution in [2.45, 2.75) is 57.9 Å². The van der Waals surface area contributed by atoms with Gasteiger partial charge in [0, 0.05) is 44.7 Å². The number of amides is 2. The van der Waals surface area contributed by atoms with E-state index < -0.39 is 0 Å². The van der Waals surface area contributed by atoms with E-state index in [1.165, 1.54) is 30.6 Å². The highest BCUT2D eigenvalue weighted by Gasteiger charge is 2.31. The molecule has 9 heteroatoms. The number of aliphatic imine (C=N–C) groups is 1. The summed E-state index contributed by atoms with van der Waals surface area (Å²) in [5, 5.41) is 11.6. The van der Waals surface area contributed by atoms with E-state index in [-0.39, 0.29) is 41.8 Å². The minimum absolute atomic E-state index is 0. The molecule has 2 heterocycles. The average molecular weight is 562 g/mol. The lowest BCUT2D eigenvalue weighted by Crippen LogP contribution is -2.45. The van der Waals surface area contributed by atoms with Crippen LogP contribution in [0.1, 0.15) is 61.5 Å². The number of nitrogens with one attached hydrogen (secondary N) is 3. The van der Waals surface area contributed by atoms with Gasteiger partial charge >= 0.3 is 0 Å². The predicted molar refractivity (Wildman–Crippen MR) is 137 cm³/mol. The van der Waals surface area contributed by atoms with E-state index in [9.17, 15) is 9.59 Å². The van der Waals surface area contributed by atoms with E-state index in [1.54, 1.807) is 0 Å². The molecule has 1 aromatic heterocycles. The third kappa shape index (κ3) is 8.25. The summed E-state index contributed by atoms with van der Waals surface area (Å²) < 4.78 is 0. The lowest BCUT2D eigenvalue weighted by Gasteiger charge is -2.26. The molecule has 3 rings (SSSR count). The lowest BCUT2D eigenvalue weighted by atomic mass is 9.88. The standard InChI is InChI=1S/C22H35N5O2S.HI/c1-2-23-22(25-13-7-12-24-20(28)19-10-6-15-30-19)26-18-11-14-27(16-18)21(29)17-8-4-3-5-9-17;/h6,10,15,17-18H,2-5,7-9,11-14,16H2,1H3,(H,24,28)(H2,23,25,26);1H. The Bertz CT molecular complexity index is 707. The van der Waals surface area contributed by atoms with E-state index in [4.69, 9.17) is 0 Å². The smallest absolute Gasteiger partial charge is 0.261 e. The van der Waals surface area contributed by atoms with Crippen LogP contribution in [-0.2, 0) is 4.79 Å². The zero-order valence-corrected chi connectivity index (χ0v) is 21.5. The van der Waals surface area contributed by atoms with Crippen molar-refractivity contribution in [2.24, 2.45) is 10.9 Å². The van der Waals surface area contributed by atoms with Crippen LogP contribution in [-0.4, -0.2) is 61.4 Å². The summed E-state index contributed by atoms with van der Waals surface area (Å²) in [5.41, 5.74) is 0. The van der Waals surface area contributed by atoms with Gasteiger partial charge in [0.15, 0.2) is 5.96 Å². The van der Waals surface area contributed by atoms with Crippen LogP contribution >= 0.6 is 35.3 Å². The van der Waals surface area contributed by atoms with Crippen molar-refractivity contribution in [3.8, 4) is 0 Å². The average Bonchev–Trinajstić information content (AvgIpc) is 3.46. The molecule has 1 saturated heterocycles. The van der Waals surface area contributed by atoms with Crippen LogP contribution in [0.25, 0.3) is 0 Å². The van der Waals surface area contributed by atoms with Crippen LogP contribution in [0.15, 0.2) is 22.5 Å². The summed E-state index contributed by atoms with van der Waals surface area (Å²) in [6.07, 6.45) is 7.51. The number of likely N-dealkylation sites (tertiary alicyclic amines) is 1. The van der Waals surface area contributed by atoms with Gasteiger partial charge in [0.1, 0.15) is 0 Å².